The molecule has 0 amide bonds. The van der Waals surface area contributed by atoms with Crippen molar-refractivity contribution in [3.63, 3.8) is 0 Å². The number of thiazole rings is 1. The number of morpholine rings is 1. The number of nitrogens with zero attached hydrogens (tertiary/aromatic N) is 2. The van der Waals surface area contributed by atoms with Crippen LogP contribution in [0.4, 0.5) is 5.13 Å². The smallest absolute Gasteiger partial charge is 0.197 e. The van der Waals surface area contributed by atoms with Crippen LogP contribution in [0, 0.1) is 0 Å². The van der Waals surface area contributed by atoms with Gasteiger partial charge in [-0.15, -0.1) is 0 Å². The first kappa shape index (κ1) is 12.7. The van der Waals surface area contributed by atoms with E-state index in [1.807, 2.05) is 6.20 Å². The first-order chi connectivity index (χ1) is 8.22. The lowest BCUT2D eigenvalue weighted by atomic mass is 10.2. The molecule has 17 heavy (non-hydrogen) atoms. The van der Waals surface area contributed by atoms with Crippen molar-refractivity contribution in [1.29, 1.82) is 0 Å². The second-order valence-electron chi connectivity index (χ2n) is 4.19. The van der Waals surface area contributed by atoms with Gasteiger partial charge in [-0.25, -0.2) is 10.8 Å². The molecule has 6 nitrogen and oxygen atoms in total. The van der Waals surface area contributed by atoms with Crippen molar-refractivity contribution in [2.24, 2.45) is 5.84 Å². The summed E-state index contributed by atoms with van der Waals surface area (Å²) in [6.07, 6.45) is 1.75. The number of nitrogen functional groups attached to an aromatic ring is 1. The summed E-state index contributed by atoms with van der Waals surface area (Å²) in [4.78, 5) is 7.59. The van der Waals surface area contributed by atoms with Gasteiger partial charge in [0.1, 0.15) is 0 Å². The maximum Gasteiger partial charge on any atom is 0.197 e. The van der Waals surface area contributed by atoms with Crippen LogP contribution < -0.4 is 11.3 Å². The van der Waals surface area contributed by atoms with Crippen LogP contribution in [0.5, 0.6) is 0 Å². The number of rotatable bonds is 4. The topological polar surface area (TPSA) is 83.6 Å². The first-order valence-electron chi connectivity index (χ1n) is 5.60. The molecule has 0 saturated carbocycles. The third-order valence-electron chi connectivity index (χ3n) is 2.87. The summed E-state index contributed by atoms with van der Waals surface area (Å²) < 4.78 is 5.50. The van der Waals surface area contributed by atoms with E-state index in [0.29, 0.717) is 12.6 Å². The monoisotopic (exact) mass is 258 g/mol. The van der Waals surface area contributed by atoms with Crippen LogP contribution in [0.25, 0.3) is 0 Å². The van der Waals surface area contributed by atoms with Crippen LogP contribution in [0.3, 0.4) is 0 Å². The summed E-state index contributed by atoms with van der Waals surface area (Å²) in [5.74, 6) is 5.30. The van der Waals surface area contributed by atoms with E-state index in [-0.39, 0.29) is 12.7 Å². The molecule has 0 aliphatic carbocycles. The van der Waals surface area contributed by atoms with Crippen molar-refractivity contribution < 1.29 is 9.84 Å². The largest absolute Gasteiger partial charge is 0.394 e. The normalized spacial score (nSPS) is 26.1. The van der Waals surface area contributed by atoms with Gasteiger partial charge >= 0.3 is 0 Å². The van der Waals surface area contributed by atoms with E-state index in [0.717, 1.165) is 23.1 Å². The number of aliphatic hydroxyl groups excluding tert-OH is 1. The lowest BCUT2D eigenvalue weighted by Gasteiger charge is -2.37. The fourth-order valence-corrected chi connectivity index (χ4v) is 2.60. The lowest BCUT2D eigenvalue weighted by Crippen LogP contribution is -2.48. The van der Waals surface area contributed by atoms with Gasteiger partial charge in [-0.3, -0.25) is 10.3 Å². The Morgan fingerprint density at radius 1 is 1.76 bits per heavy atom. The average molecular weight is 258 g/mol. The molecule has 0 bridgehead atoms. The van der Waals surface area contributed by atoms with Crippen LogP contribution >= 0.6 is 11.3 Å². The second-order valence-corrected chi connectivity index (χ2v) is 5.31. The molecule has 2 heterocycles. The summed E-state index contributed by atoms with van der Waals surface area (Å²) in [5, 5.41) is 9.84. The highest BCUT2D eigenvalue weighted by molar-refractivity contribution is 7.15. The highest BCUT2D eigenvalue weighted by atomic mass is 32.1. The Balaban J connectivity index is 1.96. The number of nitrogens with two attached hydrogens (primary N) is 1. The average Bonchev–Trinajstić information content (AvgIpc) is 2.80. The maximum atomic E-state index is 9.12. The second kappa shape index (κ2) is 5.74. The van der Waals surface area contributed by atoms with Crippen molar-refractivity contribution in [3.8, 4) is 0 Å². The molecule has 1 aliphatic rings. The Bertz CT molecular complexity index is 360. The Hall–Kier alpha value is -0.730. The number of hydrogen-bond donors (Lipinski definition) is 3. The lowest BCUT2D eigenvalue weighted by molar-refractivity contribution is -0.0803. The number of aromatic nitrogens is 1. The summed E-state index contributed by atoms with van der Waals surface area (Å²) in [6.45, 7) is 4.42. The Morgan fingerprint density at radius 3 is 3.24 bits per heavy atom. The number of ether oxygens (including phenoxy) is 1. The van der Waals surface area contributed by atoms with E-state index in [1.165, 1.54) is 0 Å². The van der Waals surface area contributed by atoms with Crippen molar-refractivity contribution in [1.82, 2.24) is 9.88 Å². The predicted octanol–water partition coefficient (Wildman–Crippen LogP) is 0.0103. The van der Waals surface area contributed by atoms with Crippen molar-refractivity contribution in [3.05, 3.63) is 11.1 Å². The van der Waals surface area contributed by atoms with E-state index >= 15 is 0 Å². The number of hydrogen-bond acceptors (Lipinski definition) is 7. The van der Waals surface area contributed by atoms with Gasteiger partial charge < -0.3 is 9.84 Å². The molecule has 1 aromatic heterocycles. The molecular weight excluding hydrogens is 240 g/mol. The molecule has 7 heteroatoms. The van der Waals surface area contributed by atoms with Gasteiger partial charge in [0.2, 0.25) is 0 Å². The minimum absolute atomic E-state index is 0.0709. The zero-order valence-corrected chi connectivity index (χ0v) is 10.6. The standard InChI is InChI=1S/C10H18N4O2S/c1-7-6-16-8(5-15)3-14(7)4-9-2-12-10(13-11)17-9/h2,7-8,15H,3-6,11H2,1H3,(H,12,13). The number of anilines is 1. The number of nitrogens with one attached hydrogen (secondary N) is 1. The molecule has 96 valence electrons. The van der Waals surface area contributed by atoms with E-state index in [9.17, 15) is 0 Å². The molecule has 4 N–H and O–H groups in total. The molecule has 0 spiro atoms. The van der Waals surface area contributed by atoms with Gasteiger partial charge in [0, 0.05) is 30.2 Å². The SMILES string of the molecule is CC1COC(CO)CN1Cc1cnc(NN)s1. The fourth-order valence-electron chi connectivity index (χ4n) is 1.85. The Morgan fingerprint density at radius 2 is 2.59 bits per heavy atom. The molecule has 2 rings (SSSR count). The molecule has 2 atom stereocenters. The van der Waals surface area contributed by atoms with Crippen molar-refractivity contribution in [2.75, 3.05) is 25.2 Å². The zero-order chi connectivity index (χ0) is 12.3. The number of hydrazine groups is 1. The predicted molar refractivity (Wildman–Crippen MR) is 66.6 cm³/mol. The van der Waals surface area contributed by atoms with Crippen LogP contribution in [-0.4, -0.2) is 46.9 Å². The third-order valence-corrected chi connectivity index (χ3v) is 3.79. The van der Waals surface area contributed by atoms with E-state index in [1.54, 1.807) is 11.3 Å². The summed E-state index contributed by atoms with van der Waals surface area (Å²) in [7, 11) is 0. The first-order valence-corrected chi connectivity index (χ1v) is 6.42. The molecule has 1 fully saturated rings. The summed E-state index contributed by atoms with van der Waals surface area (Å²) in [6, 6.07) is 0.356. The van der Waals surface area contributed by atoms with Crippen LogP contribution in [-0.2, 0) is 11.3 Å². The van der Waals surface area contributed by atoms with Gasteiger partial charge in [0.05, 0.1) is 19.3 Å². The van der Waals surface area contributed by atoms with E-state index in [2.05, 4.69) is 22.2 Å². The van der Waals surface area contributed by atoms with Gasteiger partial charge in [-0.05, 0) is 6.92 Å². The molecule has 1 aromatic rings. The molecular formula is C10H18N4O2S. The number of aliphatic hydroxyl groups is 1. The highest BCUT2D eigenvalue weighted by Crippen LogP contribution is 2.21. The summed E-state index contributed by atoms with van der Waals surface area (Å²) in [5.41, 5.74) is 2.54. The fraction of sp³-hybridized carbons (Fsp3) is 0.700. The maximum absolute atomic E-state index is 9.12. The highest BCUT2D eigenvalue weighted by Gasteiger charge is 2.25. The van der Waals surface area contributed by atoms with Crippen LogP contribution in [0.1, 0.15) is 11.8 Å². The molecule has 0 radical (unpaired) electrons. The molecule has 2 unspecified atom stereocenters. The van der Waals surface area contributed by atoms with Crippen molar-refractivity contribution in [2.45, 2.75) is 25.6 Å². The minimum atomic E-state index is -0.0776. The van der Waals surface area contributed by atoms with Gasteiger partial charge in [-0.2, -0.15) is 0 Å². The van der Waals surface area contributed by atoms with Crippen molar-refractivity contribution >= 4 is 16.5 Å². The van der Waals surface area contributed by atoms with Gasteiger partial charge in [0.25, 0.3) is 0 Å². The molecule has 0 aromatic carbocycles. The molecule has 1 aliphatic heterocycles. The minimum Gasteiger partial charge on any atom is -0.394 e. The van der Waals surface area contributed by atoms with E-state index < -0.39 is 0 Å². The van der Waals surface area contributed by atoms with Gasteiger partial charge in [0.15, 0.2) is 5.13 Å². The van der Waals surface area contributed by atoms with Crippen LogP contribution in [0.15, 0.2) is 6.20 Å². The Labute approximate surface area is 104 Å². The Kier molecular flexibility index (Phi) is 4.30. The third kappa shape index (κ3) is 3.14. The molecule has 1 saturated heterocycles. The summed E-state index contributed by atoms with van der Waals surface area (Å²) >= 11 is 1.55. The van der Waals surface area contributed by atoms with E-state index in [4.69, 9.17) is 15.7 Å². The van der Waals surface area contributed by atoms with Crippen LogP contribution in [0.2, 0.25) is 0 Å². The zero-order valence-electron chi connectivity index (χ0n) is 9.80. The quantitative estimate of drug-likeness (QED) is 0.521. The van der Waals surface area contributed by atoms with Gasteiger partial charge in [-0.1, -0.05) is 11.3 Å².